The zero-order valence-electron chi connectivity index (χ0n) is 12.4. The van der Waals surface area contributed by atoms with Crippen LogP contribution in [0.25, 0.3) is 0 Å². The summed E-state index contributed by atoms with van der Waals surface area (Å²) >= 11 is 0. The number of hydrogen-bond donors (Lipinski definition) is 1. The van der Waals surface area contributed by atoms with Gasteiger partial charge in [-0.3, -0.25) is 4.90 Å². The van der Waals surface area contributed by atoms with Crippen LogP contribution in [0.3, 0.4) is 0 Å². The summed E-state index contributed by atoms with van der Waals surface area (Å²) in [5.74, 6) is 0. The van der Waals surface area contributed by atoms with E-state index in [1.54, 1.807) is 7.11 Å². The molecule has 17 heavy (non-hydrogen) atoms. The summed E-state index contributed by atoms with van der Waals surface area (Å²) in [5, 5.41) is 3.61. The highest BCUT2D eigenvalue weighted by atomic mass is 16.5. The minimum absolute atomic E-state index is 0.306. The average Bonchev–Trinajstić information content (AvgIpc) is 3.04. The van der Waals surface area contributed by atoms with Crippen LogP contribution in [0, 0.1) is 5.41 Å². The molecule has 0 amide bonds. The van der Waals surface area contributed by atoms with Gasteiger partial charge >= 0.3 is 0 Å². The van der Waals surface area contributed by atoms with Crippen molar-refractivity contribution < 1.29 is 4.74 Å². The number of nitrogens with zero attached hydrogens (tertiary/aromatic N) is 1. The fourth-order valence-electron chi connectivity index (χ4n) is 2.03. The van der Waals surface area contributed by atoms with Crippen LogP contribution in [0.15, 0.2) is 0 Å². The van der Waals surface area contributed by atoms with Crippen molar-refractivity contribution in [3.63, 3.8) is 0 Å². The fraction of sp³-hybridized carbons (Fsp3) is 1.00. The van der Waals surface area contributed by atoms with Crippen molar-refractivity contribution in [2.24, 2.45) is 5.41 Å². The number of ether oxygens (including phenoxy) is 1. The molecule has 0 spiro atoms. The summed E-state index contributed by atoms with van der Waals surface area (Å²) in [4.78, 5) is 2.46. The molecule has 0 bridgehead atoms. The first-order chi connectivity index (χ1) is 7.86. The molecule has 102 valence electrons. The lowest BCUT2D eigenvalue weighted by atomic mass is 9.86. The summed E-state index contributed by atoms with van der Waals surface area (Å²) in [7, 11) is 4.01. The third kappa shape index (κ3) is 4.94. The second kappa shape index (κ2) is 6.17. The Kier molecular flexibility index (Phi) is 5.42. The minimum Gasteiger partial charge on any atom is -0.383 e. The molecule has 0 aromatic heterocycles. The highest BCUT2D eigenvalue weighted by molar-refractivity contribution is 4.87. The quantitative estimate of drug-likeness (QED) is 0.740. The molecule has 2 unspecified atom stereocenters. The minimum atomic E-state index is 0.306. The number of likely N-dealkylation sites (N-methyl/N-ethyl adjacent to an activating group) is 1. The van der Waals surface area contributed by atoms with Crippen LogP contribution >= 0.6 is 0 Å². The molecule has 3 heteroatoms. The van der Waals surface area contributed by atoms with Crippen molar-refractivity contribution in [3.8, 4) is 0 Å². The van der Waals surface area contributed by atoms with E-state index in [9.17, 15) is 0 Å². The third-order valence-corrected chi connectivity index (χ3v) is 4.02. The summed E-state index contributed by atoms with van der Waals surface area (Å²) in [5.41, 5.74) is 0.306. The van der Waals surface area contributed by atoms with Crippen molar-refractivity contribution in [1.29, 1.82) is 0 Å². The fourth-order valence-corrected chi connectivity index (χ4v) is 2.03. The second-order valence-corrected chi connectivity index (χ2v) is 6.50. The lowest BCUT2D eigenvalue weighted by Crippen LogP contribution is -2.51. The molecule has 0 aromatic rings. The van der Waals surface area contributed by atoms with Crippen LogP contribution in [-0.4, -0.2) is 50.3 Å². The zero-order valence-corrected chi connectivity index (χ0v) is 12.4. The SMILES string of the molecule is COCC(CNC1CC1)N(C)C(C)C(C)(C)C. The number of rotatable bonds is 7. The van der Waals surface area contributed by atoms with Gasteiger partial charge in [0.15, 0.2) is 0 Å². The van der Waals surface area contributed by atoms with Crippen LogP contribution in [0.2, 0.25) is 0 Å². The van der Waals surface area contributed by atoms with Crippen molar-refractivity contribution in [1.82, 2.24) is 10.2 Å². The van der Waals surface area contributed by atoms with Crippen LogP contribution in [0.4, 0.5) is 0 Å². The lowest BCUT2D eigenvalue weighted by molar-refractivity contribution is 0.0466. The molecule has 0 radical (unpaired) electrons. The Labute approximate surface area is 107 Å². The maximum absolute atomic E-state index is 5.36. The predicted octanol–water partition coefficient (Wildman–Crippen LogP) is 2.12. The van der Waals surface area contributed by atoms with E-state index < -0.39 is 0 Å². The highest BCUT2D eigenvalue weighted by Gasteiger charge is 2.29. The average molecular weight is 242 g/mol. The van der Waals surface area contributed by atoms with Gasteiger partial charge in [0.05, 0.1) is 6.61 Å². The van der Waals surface area contributed by atoms with Gasteiger partial charge in [0, 0.05) is 31.8 Å². The van der Waals surface area contributed by atoms with Crippen molar-refractivity contribution in [2.45, 2.75) is 58.7 Å². The van der Waals surface area contributed by atoms with E-state index >= 15 is 0 Å². The van der Waals surface area contributed by atoms with Crippen LogP contribution < -0.4 is 5.32 Å². The molecule has 1 saturated carbocycles. The Morgan fingerprint density at radius 3 is 2.35 bits per heavy atom. The topological polar surface area (TPSA) is 24.5 Å². The Morgan fingerprint density at radius 1 is 1.35 bits per heavy atom. The maximum Gasteiger partial charge on any atom is 0.0630 e. The molecule has 2 atom stereocenters. The van der Waals surface area contributed by atoms with Gasteiger partial charge < -0.3 is 10.1 Å². The highest BCUT2D eigenvalue weighted by Crippen LogP contribution is 2.25. The number of methoxy groups -OCH3 is 1. The van der Waals surface area contributed by atoms with Gasteiger partial charge in [-0.05, 0) is 32.2 Å². The van der Waals surface area contributed by atoms with E-state index in [-0.39, 0.29) is 0 Å². The van der Waals surface area contributed by atoms with Crippen LogP contribution in [0.1, 0.15) is 40.5 Å². The normalized spacial score (nSPS) is 20.6. The standard InChI is InChI=1S/C14H30N2O/c1-11(14(2,3)4)16(5)13(10-17-6)9-15-12-7-8-12/h11-13,15H,7-10H2,1-6H3. The molecule has 0 heterocycles. The largest absolute Gasteiger partial charge is 0.383 e. The van der Waals surface area contributed by atoms with Gasteiger partial charge in [-0.2, -0.15) is 0 Å². The number of nitrogens with one attached hydrogen (secondary N) is 1. The molecule has 0 saturated heterocycles. The molecule has 1 aliphatic rings. The Bertz CT molecular complexity index is 221. The van der Waals surface area contributed by atoms with Gasteiger partial charge in [-0.1, -0.05) is 20.8 Å². The Hall–Kier alpha value is -0.120. The lowest BCUT2D eigenvalue weighted by Gasteiger charge is -2.40. The Morgan fingerprint density at radius 2 is 1.94 bits per heavy atom. The van der Waals surface area contributed by atoms with Crippen LogP contribution in [0.5, 0.6) is 0 Å². The van der Waals surface area contributed by atoms with Crippen LogP contribution in [-0.2, 0) is 4.74 Å². The van der Waals surface area contributed by atoms with E-state index in [4.69, 9.17) is 4.74 Å². The molecule has 0 aliphatic heterocycles. The Balaban J connectivity index is 2.48. The van der Waals surface area contributed by atoms with E-state index in [1.165, 1.54) is 12.8 Å². The van der Waals surface area contributed by atoms with Crippen molar-refractivity contribution >= 4 is 0 Å². The summed E-state index contributed by atoms with van der Waals surface area (Å²) in [6.45, 7) is 11.0. The summed E-state index contributed by atoms with van der Waals surface area (Å²) in [6, 6.07) is 1.78. The van der Waals surface area contributed by atoms with E-state index in [0.29, 0.717) is 17.5 Å². The van der Waals surface area contributed by atoms with Crippen molar-refractivity contribution in [3.05, 3.63) is 0 Å². The molecular weight excluding hydrogens is 212 g/mol. The van der Waals surface area contributed by atoms with Crippen molar-refractivity contribution in [2.75, 3.05) is 27.3 Å². The smallest absolute Gasteiger partial charge is 0.0630 e. The predicted molar refractivity (Wildman–Crippen MR) is 73.4 cm³/mol. The molecule has 0 aromatic carbocycles. The first-order valence-corrected chi connectivity index (χ1v) is 6.80. The summed E-state index contributed by atoms with van der Waals surface area (Å²) < 4.78 is 5.36. The zero-order chi connectivity index (χ0) is 13.1. The monoisotopic (exact) mass is 242 g/mol. The van der Waals surface area contributed by atoms with E-state index in [0.717, 1.165) is 19.2 Å². The molecule has 1 fully saturated rings. The van der Waals surface area contributed by atoms with Gasteiger partial charge in [0.1, 0.15) is 0 Å². The molecule has 1 aliphatic carbocycles. The first kappa shape index (κ1) is 14.9. The molecule has 3 nitrogen and oxygen atoms in total. The van der Waals surface area contributed by atoms with E-state index in [2.05, 4.69) is 45.0 Å². The third-order valence-electron chi connectivity index (χ3n) is 4.02. The van der Waals surface area contributed by atoms with Gasteiger partial charge in [-0.25, -0.2) is 0 Å². The molecule has 1 N–H and O–H groups in total. The summed E-state index contributed by atoms with van der Waals surface area (Å²) in [6.07, 6.45) is 2.69. The first-order valence-electron chi connectivity index (χ1n) is 6.80. The van der Waals surface area contributed by atoms with Gasteiger partial charge in [0.2, 0.25) is 0 Å². The van der Waals surface area contributed by atoms with Gasteiger partial charge in [0.25, 0.3) is 0 Å². The van der Waals surface area contributed by atoms with Gasteiger partial charge in [-0.15, -0.1) is 0 Å². The number of hydrogen-bond acceptors (Lipinski definition) is 3. The molecule has 1 rings (SSSR count). The maximum atomic E-state index is 5.36. The second-order valence-electron chi connectivity index (χ2n) is 6.50. The molecular formula is C14H30N2O. The van der Waals surface area contributed by atoms with E-state index in [1.807, 2.05) is 0 Å².